The van der Waals surface area contributed by atoms with Crippen LogP contribution in [0.5, 0.6) is 0 Å². The van der Waals surface area contributed by atoms with Crippen molar-refractivity contribution in [3.05, 3.63) is 59.4 Å². The number of hydrogen-bond acceptors (Lipinski definition) is 4. The second-order valence-corrected chi connectivity index (χ2v) is 5.54. The quantitative estimate of drug-likeness (QED) is 0.602. The molecule has 4 rings (SSSR count). The van der Waals surface area contributed by atoms with E-state index in [9.17, 15) is 14.4 Å². The summed E-state index contributed by atoms with van der Waals surface area (Å²) in [6.45, 7) is 1.61. The summed E-state index contributed by atoms with van der Waals surface area (Å²) < 4.78 is 21.3. The fourth-order valence-corrected chi connectivity index (χ4v) is 2.92. The van der Waals surface area contributed by atoms with E-state index >= 15 is 0 Å². The molecular weight excluding hydrogens is 325 g/mol. The van der Waals surface area contributed by atoms with Crippen LogP contribution in [0.3, 0.4) is 0 Å². The number of carboxylic acids is 1. The minimum atomic E-state index is -1.03. The van der Waals surface area contributed by atoms with Gasteiger partial charge < -0.3 is 14.1 Å². The van der Waals surface area contributed by atoms with Crippen LogP contribution in [0.1, 0.15) is 21.8 Å². The SMILES string of the molecule is Cc1nc2c(o1)c(F)cc1c2c(C#N)cn1-c1ccc(C(=O)O)cc1. The van der Waals surface area contributed by atoms with Crippen molar-refractivity contribution in [1.29, 1.82) is 5.26 Å². The maximum atomic E-state index is 14.4. The number of oxazole rings is 1. The van der Waals surface area contributed by atoms with Gasteiger partial charge in [-0.1, -0.05) is 0 Å². The Hall–Kier alpha value is -3.66. The Kier molecular flexibility index (Phi) is 3.09. The highest BCUT2D eigenvalue weighted by atomic mass is 19.1. The molecule has 0 spiro atoms. The summed E-state index contributed by atoms with van der Waals surface area (Å²) in [5, 5.41) is 19.0. The number of aromatic carboxylic acids is 1. The van der Waals surface area contributed by atoms with Crippen molar-refractivity contribution in [3.63, 3.8) is 0 Å². The molecular formula is C18H10FN3O3. The van der Waals surface area contributed by atoms with Crippen LogP contribution in [0.25, 0.3) is 27.7 Å². The van der Waals surface area contributed by atoms with Crippen LogP contribution in [-0.2, 0) is 0 Å². The number of hydrogen-bond donors (Lipinski definition) is 1. The van der Waals surface area contributed by atoms with E-state index in [0.717, 1.165) is 0 Å². The van der Waals surface area contributed by atoms with Crippen molar-refractivity contribution in [3.8, 4) is 11.8 Å². The summed E-state index contributed by atoms with van der Waals surface area (Å²) in [4.78, 5) is 15.2. The first-order chi connectivity index (χ1) is 12.0. The molecule has 0 radical (unpaired) electrons. The average Bonchev–Trinajstić information content (AvgIpc) is 3.15. The van der Waals surface area contributed by atoms with Crippen LogP contribution < -0.4 is 0 Å². The first-order valence-electron chi connectivity index (χ1n) is 7.34. The largest absolute Gasteiger partial charge is 0.478 e. The lowest BCUT2D eigenvalue weighted by Gasteiger charge is -2.06. The molecule has 2 heterocycles. The van der Waals surface area contributed by atoms with Crippen molar-refractivity contribution in [1.82, 2.24) is 9.55 Å². The Balaban J connectivity index is 2.05. The van der Waals surface area contributed by atoms with E-state index in [-0.39, 0.29) is 11.1 Å². The van der Waals surface area contributed by atoms with Gasteiger partial charge in [0, 0.05) is 30.3 Å². The maximum absolute atomic E-state index is 14.4. The number of benzene rings is 2. The number of aromatic nitrogens is 2. The van der Waals surface area contributed by atoms with Gasteiger partial charge in [-0.05, 0) is 24.3 Å². The van der Waals surface area contributed by atoms with Crippen molar-refractivity contribution < 1.29 is 18.7 Å². The number of nitriles is 1. The molecule has 7 heteroatoms. The van der Waals surface area contributed by atoms with Crippen molar-refractivity contribution >= 4 is 28.0 Å². The van der Waals surface area contributed by atoms with Gasteiger partial charge in [0.25, 0.3) is 0 Å². The summed E-state index contributed by atoms with van der Waals surface area (Å²) in [5.41, 5.74) is 1.84. The van der Waals surface area contributed by atoms with Crippen LogP contribution in [0, 0.1) is 24.1 Å². The lowest BCUT2D eigenvalue weighted by atomic mass is 10.1. The summed E-state index contributed by atoms with van der Waals surface area (Å²) in [6, 6.07) is 9.47. The summed E-state index contributed by atoms with van der Waals surface area (Å²) in [5.74, 6) is -1.30. The first-order valence-corrected chi connectivity index (χ1v) is 7.34. The number of rotatable bonds is 2. The van der Waals surface area contributed by atoms with Gasteiger partial charge in [-0.15, -0.1) is 0 Å². The minimum absolute atomic E-state index is 0.0143. The molecule has 0 aliphatic rings. The second kappa shape index (κ2) is 5.18. The third-order valence-corrected chi connectivity index (χ3v) is 4.01. The van der Waals surface area contributed by atoms with Gasteiger partial charge in [-0.25, -0.2) is 14.2 Å². The molecule has 0 unspecified atom stereocenters. The minimum Gasteiger partial charge on any atom is -0.478 e. The molecule has 2 aromatic heterocycles. The summed E-state index contributed by atoms with van der Waals surface area (Å²) in [7, 11) is 0. The Morgan fingerprint density at radius 1 is 1.36 bits per heavy atom. The highest BCUT2D eigenvalue weighted by Gasteiger charge is 2.20. The smallest absolute Gasteiger partial charge is 0.335 e. The molecule has 2 aromatic carbocycles. The van der Waals surface area contributed by atoms with E-state index in [1.807, 2.05) is 0 Å². The summed E-state index contributed by atoms with van der Waals surface area (Å²) in [6.07, 6.45) is 1.57. The second-order valence-electron chi connectivity index (χ2n) is 5.54. The third-order valence-electron chi connectivity index (χ3n) is 4.01. The van der Waals surface area contributed by atoms with Crippen molar-refractivity contribution in [2.45, 2.75) is 6.92 Å². The number of halogens is 1. The predicted octanol–water partition coefficient (Wildman–Crippen LogP) is 3.79. The fraction of sp³-hybridized carbons (Fsp3) is 0.0556. The monoisotopic (exact) mass is 335 g/mol. The van der Waals surface area contributed by atoms with Crippen LogP contribution >= 0.6 is 0 Å². The van der Waals surface area contributed by atoms with Gasteiger partial charge in [-0.3, -0.25) is 0 Å². The first kappa shape index (κ1) is 14.9. The van der Waals surface area contributed by atoms with E-state index in [2.05, 4.69) is 11.1 Å². The zero-order chi connectivity index (χ0) is 17.7. The zero-order valence-electron chi connectivity index (χ0n) is 12.9. The molecule has 0 aliphatic carbocycles. The van der Waals surface area contributed by atoms with Gasteiger partial charge in [0.2, 0.25) is 0 Å². The zero-order valence-corrected chi connectivity index (χ0v) is 12.9. The average molecular weight is 335 g/mol. The maximum Gasteiger partial charge on any atom is 0.335 e. The number of fused-ring (bicyclic) bond motifs is 3. The third kappa shape index (κ3) is 2.16. The van der Waals surface area contributed by atoms with Gasteiger partial charge >= 0.3 is 5.97 Å². The number of nitrogens with zero attached hydrogens (tertiary/aromatic N) is 3. The molecule has 0 atom stereocenters. The van der Waals surface area contributed by atoms with Gasteiger partial charge in [0.05, 0.1) is 16.6 Å². The highest BCUT2D eigenvalue weighted by molar-refractivity contribution is 6.06. The molecule has 0 aliphatic heterocycles. The van der Waals surface area contributed by atoms with E-state index in [0.29, 0.717) is 33.6 Å². The molecule has 0 saturated heterocycles. The van der Waals surface area contributed by atoms with Crippen LogP contribution in [0.15, 0.2) is 40.9 Å². The Morgan fingerprint density at radius 2 is 2.08 bits per heavy atom. The lowest BCUT2D eigenvalue weighted by Crippen LogP contribution is -1.97. The van der Waals surface area contributed by atoms with E-state index < -0.39 is 11.8 Å². The Labute approximate surface area is 140 Å². The van der Waals surface area contributed by atoms with Crippen molar-refractivity contribution in [2.24, 2.45) is 0 Å². The predicted molar refractivity (Wildman–Crippen MR) is 87.2 cm³/mol. The van der Waals surface area contributed by atoms with Gasteiger partial charge in [0.15, 0.2) is 17.3 Å². The lowest BCUT2D eigenvalue weighted by molar-refractivity contribution is 0.0697. The van der Waals surface area contributed by atoms with E-state index in [1.165, 1.54) is 18.2 Å². The van der Waals surface area contributed by atoms with Crippen LogP contribution in [0.2, 0.25) is 0 Å². The van der Waals surface area contributed by atoms with E-state index in [1.54, 1.807) is 29.8 Å². The normalized spacial score (nSPS) is 11.1. The Bertz CT molecular complexity index is 1200. The highest BCUT2D eigenvalue weighted by Crippen LogP contribution is 2.33. The number of aryl methyl sites for hydroxylation is 1. The molecule has 4 aromatic rings. The number of carboxylic acid groups (broad SMARTS) is 1. The molecule has 25 heavy (non-hydrogen) atoms. The molecule has 1 N–H and O–H groups in total. The van der Waals surface area contributed by atoms with E-state index in [4.69, 9.17) is 9.52 Å². The molecule has 0 fully saturated rings. The van der Waals surface area contributed by atoms with Crippen LogP contribution in [0.4, 0.5) is 4.39 Å². The van der Waals surface area contributed by atoms with Gasteiger partial charge in [-0.2, -0.15) is 5.26 Å². The topological polar surface area (TPSA) is 92.0 Å². The van der Waals surface area contributed by atoms with Gasteiger partial charge in [0.1, 0.15) is 11.6 Å². The molecule has 122 valence electrons. The standard InChI is InChI=1S/C18H10FN3O3/c1-9-21-16-15-11(7-20)8-22(14(15)6-13(19)17(16)25-9)12-4-2-10(3-5-12)18(23)24/h2-6,8H,1H3,(H,23,24). The Morgan fingerprint density at radius 3 is 2.72 bits per heavy atom. The molecule has 0 bridgehead atoms. The molecule has 6 nitrogen and oxygen atoms in total. The number of carbonyl (C=O) groups is 1. The molecule has 0 amide bonds. The summed E-state index contributed by atoms with van der Waals surface area (Å²) >= 11 is 0. The fourth-order valence-electron chi connectivity index (χ4n) is 2.92. The van der Waals surface area contributed by atoms with Crippen LogP contribution in [-0.4, -0.2) is 20.6 Å². The molecule has 0 saturated carbocycles. The van der Waals surface area contributed by atoms with Crippen molar-refractivity contribution in [2.75, 3.05) is 0 Å².